The number of fused-ring (bicyclic) bond motifs is 1. The Kier molecular flexibility index (Phi) is 2.79. The maximum atomic E-state index is 11.8. The number of nitrogens with zero attached hydrogens (tertiary/aromatic N) is 2. The fraction of sp³-hybridized carbons (Fsp3) is 0.556. The third kappa shape index (κ3) is 1.67. The summed E-state index contributed by atoms with van der Waals surface area (Å²) in [7, 11) is 1.82. The van der Waals surface area contributed by atoms with Crippen LogP contribution in [-0.2, 0) is 11.2 Å². The van der Waals surface area contributed by atoms with Crippen LogP contribution in [0.5, 0.6) is 0 Å². The van der Waals surface area contributed by atoms with E-state index >= 15 is 0 Å². The minimum atomic E-state index is 0.0966. The third-order valence-electron chi connectivity index (χ3n) is 2.32. The average molecular weight is 322 g/mol. The van der Waals surface area contributed by atoms with Gasteiger partial charge in [0.1, 0.15) is 5.82 Å². The Morgan fingerprint density at radius 1 is 1.64 bits per heavy atom. The zero-order chi connectivity index (χ0) is 10.3. The molecule has 0 saturated carbocycles. The number of halogens is 1. The fourth-order valence-electron chi connectivity index (χ4n) is 1.58. The molecule has 1 amide bonds. The largest absolute Gasteiger partial charge is 0.298 e. The number of rotatable bonds is 0. The molecule has 0 spiro atoms. The molecule has 0 radical (unpaired) electrons. The number of amides is 1. The summed E-state index contributed by atoms with van der Waals surface area (Å²) in [6.45, 7) is 1.99. The van der Waals surface area contributed by atoms with Gasteiger partial charge in [-0.25, -0.2) is 4.98 Å². The molecule has 1 aromatic heterocycles. The summed E-state index contributed by atoms with van der Waals surface area (Å²) < 4.78 is 0.0966. The highest BCUT2D eigenvalue weighted by molar-refractivity contribution is 14.1. The van der Waals surface area contributed by atoms with Crippen LogP contribution in [0.25, 0.3) is 0 Å². The maximum absolute atomic E-state index is 11.8. The lowest BCUT2D eigenvalue weighted by molar-refractivity contribution is -0.117. The number of alkyl halides is 1. The first-order chi connectivity index (χ1) is 6.59. The second-order valence-corrected chi connectivity index (χ2v) is 6.17. The number of carbonyl (C=O) groups is 1. The van der Waals surface area contributed by atoms with Crippen LogP contribution < -0.4 is 4.90 Å². The van der Waals surface area contributed by atoms with E-state index in [4.69, 9.17) is 0 Å². The highest BCUT2D eigenvalue weighted by Gasteiger charge is 2.28. The van der Waals surface area contributed by atoms with Crippen molar-refractivity contribution >= 4 is 45.7 Å². The van der Waals surface area contributed by atoms with Gasteiger partial charge in [-0.15, -0.1) is 11.3 Å². The van der Waals surface area contributed by atoms with Crippen molar-refractivity contribution in [1.29, 1.82) is 0 Å². The maximum Gasteiger partial charge on any atom is 0.240 e. The van der Waals surface area contributed by atoms with Crippen LogP contribution in [-0.4, -0.2) is 21.9 Å². The lowest BCUT2D eigenvalue weighted by Gasteiger charge is -2.15. The summed E-state index contributed by atoms with van der Waals surface area (Å²) in [4.78, 5) is 19.1. The van der Waals surface area contributed by atoms with E-state index in [9.17, 15) is 4.79 Å². The summed E-state index contributed by atoms with van der Waals surface area (Å²) >= 11 is 3.92. The van der Waals surface area contributed by atoms with Crippen LogP contribution in [0.15, 0.2) is 0 Å². The van der Waals surface area contributed by atoms with Crippen molar-refractivity contribution in [3.05, 3.63) is 9.88 Å². The van der Waals surface area contributed by atoms with Gasteiger partial charge >= 0.3 is 0 Å². The van der Waals surface area contributed by atoms with Crippen LogP contribution in [0, 0.1) is 6.92 Å². The van der Waals surface area contributed by atoms with E-state index in [2.05, 4.69) is 27.6 Å². The van der Waals surface area contributed by atoms with E-state index in [0.29, 0.717) is 0 Å². The van der Waals surface area contributed by atoms with Crippen molar-refractivity contribution in [3.8, 4) is 0 Å². The second-order valence-electron chi connectivity index (χ2n) is 3.38. The van der Waals surface area contributed by atoms with Gasteiger partial charge in [0.25, 0.3) is 0 Å². The van der Waals surface area contributed by atoms with Crippen molar-refractivity contribution < 1.29 is 4.79 Å². The van der Waals surface area contributed by atoms with Crippen LogP contribution >= 0.6 is 33.9 Å². The molecule has 2 heterocycles. The molecule has 76 valence electrons. The second kappa shape index (κ2) is 3.77. The minimum Gasteiger partial charge on any atom is -0.298 e. The van der Waals surface area contributed by atoms with Gasteiger partial charge in [0.05, 0.1) is 8.93 Å². The molecule has 0 fully saturated rings. The molecule has 14 heavy (non-hydrogen) atoms. The molecule has 0 aliphatic carbocycles. The first-order valence-electron chi connectivity index (χ1n) is 4.47. The number of aryl methyl sites for hydroxylation is 2. The molecule has 1 aliphatic heterocycles. The Bertz CT molecular complexity index is 377. The Balaban J connectivity index is 2.43. The summed E-state index contributed by atoms with van der Waals surface area (Å²) in [6, 6.07) is 0. The normalized spacial score (nSPS) is 22.1. The lowest BCUT2D eigenvalue weighted by Crippen LogP contribution is -2.32. The molecule has 0 N–H and O–H groups in total. The van der Waals surface area contributed by atoms with Crippen LogP contribution in [0.1, 0.15) is 16.3 Å². The smallest absolute Gasteiger partial charge is 0.240 e. The molecule has 1 atom stereocenters. The first kappa shape index (κ1) is 10.4. The van der Waals surface area contributed by atoms with E-state index in [1.807, 2.05) is 14.0 Å². The van der Waals surface area contributed by atoms with Gasteiger partial charge in [-0.3, -0.25) is 9.69 Å². The SMILES string of the molecule is Cc1nc2c(s1)CCC(I)C(=O)N2C. The monoisotopic (exact) mass is 322 g/mol. The topological polar surface area (TPSA) is 33.2 Å². The average Bonchev–Trinajstić information content (AvgIpc) is 2.49. The first-order valence-corrected chi connectivity index (χ1v) is 6.53. The van der Waals surface area contributed by atoms with Crippen molar-refractivity contribution in [1.82, 2.24) is 4.98 Å². The molecule has 1 aromatic rings. The quantitative estimate of drug-likeness (QED) is 0.542. The van der Waals surface area contributed by atoms with Crippen molar-refractivity contribution in [3.63, 3.8) is 0 Å². The number of carbonyl (C=O) groups excluding carboxylic acids is 1. The van der Waals surface area contributed by atoms with Gasteiger partial charge in [0.2, 0.25) is 5.91 Å². The molecular weight excluding hydrogens is 311 g/mol. The van der Waals surface area contributed by atoms with Crippen molar-refractivity contribution in [2.45, 2.75) is 23.7 Å². The van der Waals surface area contributed by atoms with Crippen molar-refractivity contribution in [2.75, 3.05) is 11.9 Å². The number of hydrogen-bond donors (Lipinski definition) is 0. The van der Waals surface area contributed by atoms with E-state index in [1.165, 1.54) is 4.88 Å². The Morgan fingerprint density at radius 2 is 2.36 bits per heavy atom. The van der Waals surface area contributed by atoms with Crippen LogP contribution in [0.2, 0.25) is 0 Å². The van der Waals surface area contributed by atoms with E-state index in [0.717, 1.165) is 23.7 Å². The Hall–Kier alpha value is -0.170. The van der Waals surface area contributed by atoms with Gasteiger partial charge < -0.3 is 0 Å². The molecule has 1 unspecified atom stereocenters. The highest BCUT2D eigenvalue weighted by Crippen LogP contribution is 2.32. The molecule has 3 nitrogen and oxygen atoms in total. The lowest BCUT2D eigenvalue weighted by atomic mass is 10.2. The number of anilines is 1. The molecule has 0 bridgehead atoms. The van der Waals surface area contributed by atoms with E-state index in [-0.39, 0.29) is 9.83 Å². The fourth-order valence-corrected chi connectivity index (χ4v) is 3.29. The van der Waals surface area contributed by atoms with Gasteiger partial charge in [-0.05, 0) is 19.8 Å². The standard InChI is InChI=1S/C9H11IN2OS/c1-5-11-8-7(14-5)4-3-6(10)9(13)12(8)2/h6H,3-4H2,1-2H3. The zero-order valence-corrected chi connectivity index (χ0v) is 11.1. The number of thiazole rings is 1. The summed E-state index contributed by atoms with van der Waals surface area (Å²) in [5.74, 6) is 1.05. The summed E-state index contributed by atoms with van der Waals surface area (Å²) in [5, 5.41) is 1.04. The molecular formula is C9H11IN2OS. The Labute approximate surface area is 101 Å². The predicted octanol–water partition coefficient (Wildman–Crippen LogP) is 2.16. The third-order valence-corrected chi connectivity index (χ3v) is 4.50. The molecule has 1 aliphatic rings. The van der Waals surface area contributed by atoms with Crippen LogP contribution in [0.4, 0.5) is 5.82 Å². The Morgan fingerprint density at radius 3 is 3.07 bits per heavy atom. The number of hydrogen-bond acceptors (Lipinski definition) is 3. The molecule has 2 rings (SSSR count). The van der Waals surface area contributed by atoms with Crippen molar-refractivity contribution in [2.24, 2.45) is 0 Å². The molecule has 0 aromatic carbocycles. The summed E-state index contributed by atoms with van der Waals surface area (Å²) in [5.41, 5.74) is 0. The zero-order valence-electron chi connectivity index (χ0n) is 8.08. The van der Waals surface area contributed by atoms with Gasteiger partial charge in [0.15, 0.2) is 0 Å². The molecule has 5 heteroatoms. The van der Waals surface area contributed by atoms with E-state index < -0.39 is 0 Å². The van der Waals surface area contributed by atoms with Crippen LogP contribution in [0.3, 0.4) is 0 Å². The number of aromatic nitrogens is 1. The van der Waals surface area contributed by atoms with Gasteiger partial charge in [-0.1, -0.05) is 22.6 Å². The van der Waals surface area contributed by atoms with E-state index in [1.54, 1.807) is 16.2 Å². The summed E-state index contributed by atoms with van der Waals surface area (Å²) in [6.07, 6.45) is 1.91. The van der Waals surface area contributed by atoms with Gasteiger partial charge in [-0.2, -0.15) is 0 Å². The van der Waals surface area contributed by atoms with Gasteiger partial charge in [0, 0.05) is 11.9 Å². The predicted molar refractivity (Wildman–Crippen MR) is 66.4 cm³/mol. The minimum absolute atomic E-state index is 0.0966. The highest BCUT2D eigenvalue weighted by atomic mass is 127. The molecule has 0 saturated heterocycles.